The van der Waals surface area contributed by atoms with Crippen molar-refractivity contribution in [2.75, 3.05) is 18.0 Å². The Hall–Kier alpha value is -2.10. The lowest BCUT2D eigenvalue weighted by Crippen LogP contribution is -2.46. The molecule has 1 atom stereocenters. The minimum absolute atomic E-state index is 0.184. The topological polar surface area (TPSA) is 78.0 Å². The number of nitriles is 1. The maximum Gasteiger partial charge on any atom is 0.127 e. The summed E-state index contributed by atoms with van der Waals surface area (Å²) in [4.78, 5) is 1.97. The summed E-state index contributed by atoms with van der Waals surface area (Å²) >= 11 is 6.32. The van der Waals surface area contributed by atoms with Gasteiger partial charge in [-0.3, -0.25) is 0 Å². The molecular formula is C17H20ClN5O. The fourth-order valence-electron chi connectivity index (χ4n) is 3.11. The average molecular weight is 346 g/mol. The maximum absolute atomic E-state index is 11.1. The van der Waals surface area contributed by atoms with Gasteiger partial charge in [-0.2, -0.15) is 5.26 Å². The molecule has 0 bridgehead atoms. The molecule has 0 saturated carbocycles. The summed E-state index contributed by atoms with van der Waals surface area (Å²) in [6, 6.07) is 7.63. The first kappa shape index (κ1) is 16.7. The SMILES string of the molecule is CC(C)n1cc([C@@]2(O)CCCN(c3c(Cl)cccc3C#N)C2)nn1. The number of hydrogen-bond acceptors (Lipinski definition) is 5. The minimum Gasteiger partial charge on any atom is -0.382 e. The van der Waals surface area contributed by atoms with Crippen LogP contribution in [-0.2, 0) is 5.60 Å². The van der Waals surface area contributed by atoms with Gasteiger partial charge in [0.25, 0.3) is 0 Å². The van der Waals surface area contributed by atoms with Gasteiger partial charge < -0.3 is 10.0 Å². The van der Waals surface area contributed by atoms with Crippen molar-refractivity contribution in [1.29, 1.82) is 5.26 Å². The van der Waals surface area contributed by atoms with Crippen LogP contribution < -0.4 is 4.90 Å². The molecule has 0 radical (unpaired) electrons. The van der Waals surface area contributed by atoms with Crippen LogP contribution >= 0.6 is 11.6 Å². The van der Waals surface area contributed by atoms with Crippen LogP contribution in [-0.4, -0.2) is 33.2 Å². The summed E-state index contributed by atoms with van der Waals surface area (Å²) in [6.45, 7) is 5.10. The highest BCUT2D eigenvalue weighted by molar-refractivity contribution is 6.33. The summed E-state index contributed by atoms with van der Waals surface area (Å²) in [5, 5.41) is 29.3. The third-order valence-corrected chi connectivity index (χ3v) is 4.72. The van der Waals surface area contributed by atoms with E-state index in [-0.39, 0.29) is 6.04 Å². The molecule has 0 unspecified atom stereocenters. The standard InChI is InChI=1S/C17H20ClN5O/c1-12(2)23-10-15(20-21-23)17(24)7-4-8-22(11-17)16-13(9-19)5-3-6-14(16)18/h3,5-6,10,12,24H,4,7-8,11H2,1-2H3/t17-/m1/s1. The molecule has 1 aliphatic heterocycles. The van der Waals surface area contributed by atoms with Gasteiger partial charge in [0, 0.05) is 12.6 Å². The lowest BCUT2D eigenvalue weighted by atomic mass is 9.89. The van der Waals surface area contributed by atoms with Crippen LogP contribution in [0.5, 0.6) is 0 Å². The highest BCUT2D eigenvalue weighted by atomic mass is 35.5. The van der Waals surface area contributed by atoms with E-state index in [0.717, 1.165) is 13.0 Å². The molecule has 2 heterocycles. The Morgan fingerprint density at radius 2 is 2.21 bits per heavy atom. The Morgan fingerprint density at radius 3 is 2.88 bits per heavy atom. The molecule has 0 aliphatic carbocycles. The van der Waals surface area contributed by atoms with E-state index in [9.17, 15) is 10.4 Å². The van der Waals surface area contributed by atoms with Gasteiger partial charge in [0.2, 0.25) is 0 Å². The van der Waals surface area contributed by atoms with Gasteiger partial charge in [-0.05, 0) is 38.8 Å². The van der Waals surface area contributed by atoms with Crippen LogP contribution in [0, 0.1) is 11.3 Å². The van der Waals surface area contributed by atoms with Crippen LogP contribution in [0.1, 0.15) is 44.0 Å². The lowest BCUT2D eigenvalue weighted by molar-refractivity contribution is 0.0176. The van der Waals surface area contributed by atoms with Crippen molar-refractivity contribution >= 4 is 17.3 Å². The first-order chi connectivity index (χ1) is 11.4. The summed E-state index contributed by atoms with van der Waals surface area (Å²) in [5.41, 5.74) is 0.650. The van der Waals surface area contributed by atoms with Crippen molar-refractivity contribution in [2.24, 2.45) is 0 Å². The van der Waals surface area contributed by atoms with E-state index in [1.54, 1.807) is 29.1 Å². The smallest absolute Gasteiger partial charge is 0.127 e. The van der Waals surface area contributed by atoms with E-state index in [0.29, 0.717) is 34.9 Å². The maximum atomic E-state index is 11.1. The van der Waals surface area contributed by atoms with Crippen LogP contribution in [0.2, 0.25) is 5.02 Å². The number of benzene rings is 1. The van der Waals surface area contributed by atoms with E-state index < -0.39 is 5.60 Å². The molecule has 3 rings (SSSR count). The number of halogens is 1. The number of β-amino-alcohol motifs (C(OH)–C–C–N with tert-alkyl or cyclic N) is 1. The molecular weight excluding hydrogens is 326 g/mol. The summed E-state index contributed by atoms with van der Waals surface area (Å²) in [5.74, 6) is 0. The van der Waals surface area contributed by atoms with E-state index in [4.69, 9.17) is 11.6 Å². The zero-order valence-electron chi connectivity index (χ0n) is 13.8. The number of aromatic nitrogens is 3. The van der Waals surface area contributed by atoms with Crippen LogP contribution in [0.25, 0.3) is 0 Å². The molecule has 1 aromatic heterocycles. The second-order valence-electron chi connectivity index (χ2n) is 6.48. The second-order valence-corrected chi connectivity index (χ2v) is 6.89. The van der Waals surface area contributed by atoms with Crippen LogP contribution in [0.4, 0.5) is 5.69 Å². The number of para-hydroxylation sites is 1. The minimum atomic E-state index is -1.10. The highest BCUT2D eigenvalue weighted by Gasteiger charge is 2.38. The van der Waals surface area contributed by atoms with Crippen LogP contribution in [0.15, 0.2) is 24.4 Å². The number of nitrogens with zero attached hydrogens (tertiary/aromatic N) is 5. The van der Waals surface area contributed by atoms with Crippen molar-refractivity contribution in [3.63, 3.8) is 0 Å². The molecule has 1 saturated heterocycles. The number of piperidine rings is 1. The first-order valence-corrected chi connectivity index (χ1v) is 8.40. The second kappa shape index (κ2) is 6.42. The van der Waals surface area contributed by atoms with Gasteiger partial charge in [-0.15, -0.1) is 5.10 Å². The van der Waals surface area contributed by atoms with E-state index >= 15 is 0 Å². The fraction of sp³-hybridized carbons (Fsp3) is 0.471. The molecule has 2 aromatic rings. The van der Waals surface area contributed by atoms with E-state index in [2.05, 4.69) is 16.4 Å². The number of anilines is 1. The molecule has 0 amide bonds. The fourth-order valence-corrected chi connectivity index (χ4v) is 3.40. The van der Waals surface area contributed by atoms with Gasteiger partial charge in [-0.25, -0.2) is 4.68 Å². The molecule has 7 heteroatoms. The molecule has 1 aliphatic rings. The third-order valence-electron chi connectivity index (χ3n) is 4.41. The van der Waals surface area contributed by atoms with Gasteiger partial charge >= 0.3 is 0 Å². The van der Waals surface area contributed by atoms with Crippen molar-refractivity contribution in [3.8, 4) is 6.07 Å². The summed E-state index contributed by atoms with van der Waals surface area (Å²) < 4.78 is 1.74. The van der Waals surface area contributed by atoms with E-state index in [1.165, 1.54) is 0 Å². The molecule has 6 nitrogen and oxygen atoms in total. The van der Waals surface area contributed by atoms with Crippen molar-refractivity contribution in [2.45, 2.75) is 38.3 Å². The molecule has 24 heavy (non-hydrogen) atoms. The van der Waals surface area contributed by atoms with Crippen molar-refractivity contribution in [3.05, 3.63) is 40.7 Å². The predicted octanol–water partition coefficient (Wildman–Crippen LogP) is 2.87. The summed E-state index contributed by atoms with van der Waals surface area (Å²) in [6.07, 6.45) is 3.18. The number of aliphatic hydroxyl groups is 1. The monoisotopic (exact) mass is 345 g/mol. The zero-order valence-corrected chi connectivity index (χ0v) is 14.5. The predicted molar refractivity (Wildman–Crippen MR) is 91.9 cm³/mol. The third kappa shape index (κ3) is 2.97. The van der Waals surface area contributed by atoms with Crippen molar-refractivity contribution < 1.29 is 5.11 Å². The number of rotatable bonds is 3. The highest BCUT2D eigenvalue weighted by Crippen LogP contribution is 2.37. The summed E-state index contributed by atoms with van der Waals surface area (Å²) in [7, 11) is 0. The van der Waals surface area contributed by atoms with Crippen LogP contribution in [0.3, 0.4) is 0 Å². The van der Waals surface area contributed by atoms with Gasteiger partial charge in [-0.1, -0.05) is 22.9 Å². The Bertz CT molecular complexity index is 782. The zero-order chi connectivity index (χ0) is 17.3. The normalized spacial score (nSPS) is 21.1. The first-order valence-electron chi connectivity index (χ1n) is 8.03. The molecule has 1 fully saturated rings. The largest absolute Gasteiger partial charge is 0.382 e. The Morgan fingerprint density at radius 1 is 1.42 bits per heavy atom. The van der Waals surface area contributed by atoms with Gasteiger partial charge in [0.1, 0.15) is 17.4 Å². The number of hydrogen-bond donors (Lipinski definition) is 1. The van der Waals surface area contributed by atoms with Gasteiger partial charge in [0.15, 0.2) is 0 Å². The Labute approximate surface area is 146 Å². The van der Waals surface area contributed by atoms with Gasteiger partial charge in [0.05, 0.1) is 29.0 Å². The average Bonchev–Trinajstić information content (AvgIpc) is 3.05. The Balaban J connectivity index is 1.93. The van der Waals surface area contributed by atoms with E-state index in [1.807, 2.05) is 18.7 Å². The van der Waals surface area contributed by atoms with Crippen molar-refractivity contribution in [1.82, 2.24) is 15.0 Å². The lowest BCUT2D eigenvalue weighted by Gasteiger charge is -2.39. The molecule has 1 aromatic carbocycles. The quantitative estimate of drug-likeness (QED) is 0.925. The molecule has 1 N–H and O–H groups in total. The molecule has 126 valence electrons. The molecule has 0 spiro atoms. The Kier molecular flexibility index (Phi) is 4.48.